The highest BCUT2D eigenvalue weighted by Crippen LogP contribution is 2.30. The number of sulfonamides is 1. The molecule has 10 nitrogen and oxygen atoms in total. The minimum absolute atomic E-state index is 0.0574. The Hall–Kier alpha value is -2.44. The Balaban J connectivity index is 1.68. The molecule has 30 heavy (non-hydrogen) atoms. The number of amides is 3. The third-order valence-corrected chi connectivity index (χ3v) is 6.24. The van der Waals surface area contributed by atoms with Crippen LogP contribution in [0.5, 0.6) is 0 Å². The first-order valence-corrected chi connectivity index (χ1v) is 11.8. The van der Waals surface area contributed by atoms with Crippen LogP contribution in [0.3, 0.4) is 0 Å². The number of nitrogens with zero attached hydrogens (tertiary/aromatic N) is 1. The second kappa shape index (κ2) is 11.1. The van der Waals surface area contributed by atoms with Gasteiger partial charge in [0.1, 0.15) is 11.5 Å². The number of imide groups is 1. The quantitative estimate of drug-likeness (QED) is 0.364. The molecule has 3 amide bonds. The molecular weight excluding hydrogens is 436 g/mol. The van der Waals surface area contributed by atoms with E-state index in [1.807, 2.05) is 6.26 Å². The lowest BCUT2D eigenvalue weighted by atomic mass is 10.2. The lowest BCUT2D eigenvalue weighted by Crippen LogP contribution is -2.36. The van der Waals surface area contributed by atoms with Crippen molar-refractivity contribution in [1.29, 1.82) is 0 Å². The molecule has 1 aliphatic heterocycles. The zero-order valence-corrected chi connectivity index (χ0v) is 17.9. The van der Waals surface area contributed by atoms with Crippen molar-refractivity contribution in [3.8, 4) is 0 Å². The van der Waals surface area contributed by atoms with E-state index in [-0.39, 0.29) is 46.9 Å². The molecule has 1 heterocycles. The van der Waals surface area contributed by atoms with Gasteiger partial charge in [0.2, 0.25) is 11.8 Å². The van der Waals surface area contributed by atoms with Crippen LogP contribution < -0.4 is 5.32 Å². The largest absolute Gasteiger partial charge is 0.463 e. The molecule has 0 atom stereocenters. The number of benzene rings is 1. The number of hydrogen-bond donors (Lipinski definition) is 1. The zero-order chi connectivity index (χ0) is 22.1. The van der Waals surface area contributed by atoms with Gasteiger partial charge < -0.3 is 14.8 Å². The molecule has 0 unspecified atom stereocenters. The predicted octanol–water partition coefficient (Wildman–Crippen LogP) is 0.177. The zero-order valence-electron chi connectivity index (χ0n) is 16.3. The third-order valence-electron chi connectivity index (χ3n) is 3.92. The lowest BCUT2D eigenvalue weighted by molar-refractivity contribution is -0.146. The van der Waals surface area contributed by atoms with Crippen LogP contribution in [0.1, 0.15) is 23.2 Å². The summed E-state index contributed by atoms with van der Waals surface area (Å²) in [4.78, 5) is 47.2. The minimum Gasteiger partial charge on any atom is -0.463 e. The fourth-order valence-electron chi connectivity index (χ4n) is 2.58. The summed E-state index contributed by atoms with van der Waals surface area (Å²) < 4.78 is 35.1. The molecule has 0 fully saturated rings. The predicted molar refractivity (Wildman–Crippen MR) is 107 cm³/mol. The van der Waals surface area contributed by atoms with Crippen molar-refractivity contribution in [2.45, 2.75) is 17.7 Å². The van der Waals surface area contributed by atoms with E-state index < -0.39 is 34.2 Å². The van der Waals surface area contributed by atoms with Gasteiger partial charge >= 0.3 is 5.97 Å². The molecule has 12 heteroatoms. The average Bonchev–Trinajstić information content (AvgIpc) is 2.91. The third kappa shape index (κ3) is 6.03. The van der Waals surface area contributed by atoms with Gasteiger partial charge in [0.05, 0.1) is 31.0 Å². The Kier molecular flexibility index (Phi) is 8.81. The van der Waals surface area contributed by atoms with E-state index in [1.54, 1.807) is 0 Å². The summed E-state index contributed by atoms with van der Waals surface area (Å²) in [5, 5.41) is 2.65. The van der Waals surface area contributed by atoms with Gasteiger partial charge in [-0.3, -0.25) is 19.2 Å². The number of nitrogens with one attached hydrogen (secondary N) is 1. The SMILES string of the molecule is CSCC(=O)NCCOCCOC(=O)CCC(=O)N1C(=O)c2ccccc2S1(=O)=O. The maximum atomic E-state index is 12.4. The van der Waals surface area contributed by atoms with E-state index in [2.05, 4.69) is 5.32 Å². The molecule has 2 rings (SSSR count). The Morgan fingerprint density at radius 2 is 1.83 bits per heavy atom. The van der Waals surface area contributed by atoms with Gasteiger partial charge in [0, 0.05) is 13.0 Å². The minimum atomic E-state index is -4.25. The molecule has 0 spiro atoms. The number of esters is 1. The first-order valence-electron chi connectivity index (χ1n) is 8.99. The van der Waals surface area contributed by atoms with Gasteiger partial charge in [0.25, 0.3) is 15.9 Å². The molecular formula is C18H22N2O8S2. The fourth-order valence-corrected chi connectivity index (χ4v) is 4.50. The van der Waals surface area contributed by atoms with Gasteiger partial charge in [-0.2, -0.15) is 16.1 Å². The van der Waals surface area contributed by atoms with Crippen molar-refractivity contribution in [3.63, 3.8) is 0 Å². The van der Waals surface area contributed by atoms with Crippen molar-refractivity contribution in [3.05, 3.63) is 29.8 Å². The van der Waals surface area contributed by atoms with E-state index in [0.717, 1.165) is 0 Å². The van der Waals surface area contributed by atoms with Crippen LogP contribution in [0.15, 0.2) is 29.2 Å². The van der Waals surface area contributed by atoms with Crippen LogP contribution in [-0.4, -0.2) is 74.8 Å². The molecule has 0 saturated carbocycles. The van der Waals surface area contributed by atoms with Crippen molar-refractivity contribution in [2.75, 3.05) is 38.4 Å². The molecule has 0 bridgehead atoms. The molecule has 1 N–H and O–H groups in total. The van der Waals surface area contributed by atoms with Gasteiger partial charge in [-0.25, -0.2) is 8.42 Å². The first kappa shape index (κ1) is 23.8. The second-order valence-electron chi connectivity index (χ2n) is 6.08. The maximum absolute atomic E-state index is 12.4. The summed E-state index contributed by atoms with van der Waals surface area (Å²) in [5.74, 6) is -2.37. The molecule has 0 aliphatic carbocycles. The number of rotatable bonds is 11. The summed E-state index contributed by atoms with van der Waals surface area (Å²) in [7, 11) is -4.25. The number of ether oxygens (including phenoxy) is 2. The van der Waals surface area contributed by atoms with Crippen LogP contribution in [0, 0.1) is 0 Å². The highest BCUT2D eigenvalue weighted by atomic mass is 32.2. The van der Waals surface area contributed by atoms with Gasteiger partial charge in [-0.1, -0.05) is 12.1 Å². The number of carbonyl (C=O) groups is 4. The molecule has 0 aromatic heterocycles. The molecule has 1 aliphatic rings. The summed E-state index contributed by atoms with van der Waals surface area (Å²) in [6, 6.07) is 5.52. The van der Waals surface area contributed by atoms with E-state index in [0.29, 0.717) is 12.3 Å². The van der Waals surface area contributed by atoms with Crippen LogP contribution >= 0.6 is 11.8 Å². The monoisotopic (exact) mass is 458 g/mol. The summed E-state index contributed by atoms with van der Waals surface area (Å²) in [6.45, 7) is 0.638. The highest BCUT2D eigenvalue weighted by Gasteiger charge is 2.44. The van der Waals surface area contributed by atoms with Crippen LogP contribution in [-0.2, 0) is 33.9 Å². The molecule has 0 radical (unpaired) electrons. The Labute approximate surface area is 178 Å². The standard InChI is InChI=1S/C18H22N2O8S2/c1-29-12-15(21)19-8-9-27-10-11-28-17(23)7-6-16(22)20-18(24)13-4-2-3-5-14(13)30(20,25)26/h2-5H,6-12H2,1H3,(H,19,21). The smallest absolute Gasteiger partial charge is 0.306 e. The van der Waals surface area contributed by atoms with Crippen LogP contribution in [0.4, 0.5) is 0 Å². The summed E-state index contributed by atoms with van der Waals surface area (Å²) >= 11 is 1.41. The summed E-state index contributed by atoms with van der Waals surface area (Å²) in [6.07, 6.45) is 0.957. The summed E-state index contributed by atoms with van der Waals surface area (Å²) in [5.41, 5.74) is -0.0739. The normalized spacial score (nSPS) is 14.3. The molecule has 0 saturated heterocycles. The Bertz CT molecular complexity index is 917. The maximum Gasteiger partial charge on any atom is 0.306 e. The average molecular weight is 459 g/mol. The lowest BCUT2D eigenvalue weighted by Gasteiger charge is -2.12. The molecule has 1 aromatic carbocycles. The number of carbonyl (C=O) groups excluding carboxylic acids is 4. The first-order chi connectivity index (χ1) is 14.3. The highest BCUT2D eigenvalue weighted by molar-refractivity contribution is 7.99. The van der Waals surface area contributed by atoms with E-state index in [1.165, 1.54) is 36.0 Å². The van der Waals surface area contributed by atoms with Crippen LogP contribution in [0.2, 0.25) is 0 Å². The number of thioether (sulfide) groups is 1. The van der Waals surface area contributed by atoms with E-state index >= 15 is 0 Å². The van der Waals surface area contributed by atoms with Crippen molar-refractivity contribution < 1.29 is 37.1 Å². The van der Waals surface area contributed by atoms with E-state index in [4.69, 9.17) is 9.47 Å². The second-order valence-corrected chi connectivity index (χ2v) is 8.70. The van der Waals surface area contributed by atoms with Gasteiger partial charge in [-0.05, 0) is 18.4 Å². The van der Waals surface area contributed by atoms with E-state index in [9.17, 15) is 27.6 Å². The number of fused-ring (bicyclic) bond motifs is 1. The molecule has 1 aromatic rings. The Morgan fingerprint density at radius 1 is 1.10 bits per heavy atom. The van der Waals surface area contributed by atoms with Crippen molar-refractivity contribution in [2.24, 2.45) is 0 Å². The number of hydrogen-bond acceptors (Lipinski definition) is 9. The van der Waals surface area contributed by atoms with Gasteiger partial charge in [0.15, 0.2) is 0 Å². The van der Waals surface area contributed by atoms with Crippen LogP contribution in [0.25, 0.3) is 0 Å². The topological polar surface area (TPSA) is 136 Å². The van der Waals surface area contributed by atoms with Crippen molar-refractivity contribution >= 4 is 45.5 Å². The Morgan fingerprint density at radius 3 is 2.53 bits per heavy atom. The molecule has 164 valence electrons. The van der Waals surface area contributed by atoms with Gasteiger partial charge in [-0.15, -0.1) is 0 Å². The fraction of sp³-hybridized carbons (Fsp3) is 0.444. The van der Waals surface area contributed by atoms with Crippen molar-refractivity contribution in [1.82, 2.24) is 9.62 Å².